The molecule has 0 spiro atoms. The summed E-state index contributed by atoms with van der Waals surface area (Å²) in [7, 11) is 0. The number of unbranched alkanes of at least 4 members (excludes halogenated alkanes) is 1. The SMILES string of the molecule is NCCCC[C@H](N)C(=O)OC1C(=O)O[C@H]([C@@H](O)CO)C1=O. The molecule has 9 heteroatoms. The van der Waals surface area contributed by atoms with Gasteiger partial charge in [0.2, 0.25) is 5.78 Å². The highest BCUT2D eigenvalue weighted by molar-refractivity contribution is 6.10. The number of ether oxygens (including phenoxy) is 2. The summed E-state index contributed by atoms with van der Waals surface area (Å²) in [6.45, 7) is -0.293. The Morgan fingerprint density at radius 1 is 1.38 bits per heavy atom. The van der Waals surface area contributed by atoms with Gasteiger partial charge < -0.3 is 31.2 Å². The molecule has 9 nitrogen and oxygen atoms in total. The summed E-state index contributed by atoms with van der Waals surface area (Å²) in [5.74, 6) is -2.90. The summed E-state index contributed by atoms with van der Waals surface area (Å²) in [5, 5.41) is 18.1. The van der Waals surface area contributed by atoms with E-state index in [2.05, 4.69) is 4.74 Å². The van der Waals surface area contributed by atoms with Gasteiger partial charge in [-0.05, 0) is 19.4 Å². The summed E-state index contributed by atoms with van der Waals surface area (Å²) in [6, 6.07) is -0.973. The Bertz CT molecular complexity index is 401. The third-order valence-electron chi connectivity index (χ3n) is 3.04. The van der Waals surface area contributed by atoms with Gasteiger partial charge in [-0.2, -0.15) is 0 Å². The first-order valence-electron chi connectivity index (χ1n) is 6.61. The van der Waals surface area contributed by atoms with Crippen molar-refractivity contribution in [2.75, 3.05) is 13.2 Å². The van der Waals surface area contributed by atoms with Crippen LogP contribution in [0.3, 0.4) is 0 Å². The summed E-state index contributed by atoms with van der Waals surface area (Å²) in [5.41, 5.74) is 10.9. The number of hydrogen-bond donors (Lipinski definition) is 4. The molecule has 0 aromatic heterocycles. The van der Waals surface area contributed by atoms with Crippen molar-refractivity contribution in [1.29, 1.82) is 0 Å². The van der Waals surface area contributed by atoms with Crippen LogP contribution in [0.1, 0.15) is 19.3 Å². The Morgan fingerprint density at radius 3 is 2.62 bits per heavy atom. The van der Waals surface area contributed by atoms with Gasteiger partial charge in [0.05, 0.1) is 6.61 Å². The number of hydrogen-bond acceptors (Lipinski definition) is 9. The van der Waals surface area contributed by atoms with Crippen LogP contribution in [0.4, 0.5) is 0 Å². The minimum Gasteiger partial charge on any atom is -0.448 e. The molecule has 0 aromatic carbocycles. The van der Waals surface area contributed by atoms with Gasteiger partial charge in [0.1, 0.15) is 12.1 Å². The van der Waals surface area contributed by atoms with Crippen molar-refractivity contribution >= 4 is 17.7 Å². The molecule has 1 heterocycles. The molecule has 1 aliphatic rings. The quantitative estimate of drug-likeness (QED) is 0.211. The summed E-state index contributed by atoms with van der Waals surface area (Å²) < 4.78 is 9.33. The first-order chi connectivity index (χ1) is 9.92. The van der Waals surface area contributed by atoms with Crippen LogP contribution in [0, 0.1) is 0 Å². The van der Waals surface area contributed by atoms with E-state index in [0.717, 1.165) is 0 Å². The Balaban J connectivity index is 2.55. The number of rotatable bonds is 8. The molecule has 0 bridgehead atoms. The zero-order valence-electron chi connectivity index (χ0n) is 11.4. The standard InChI is InChI=1S/C12H20N2O7/c13-4-2-1-3-6(14)11(18)21-10-8(17)9(7(16)5-15)20-12(10)19/h6-7,9-10,15-16H,1-5,13-14H2/t6-,7-,9+,10?/m0/s1. The Labute approximate surface area is 121 Å². The third-order valence-corrected chi connectivity index (χ3v) is 3.04. The lowest BCUT2D eigenvalue weighted by atomic mass is 10.1. The number of carbonyl (C=O) groups is 3. The molecule has 0 amide bonds. The monoisotopic (exact) mass is 304 g/mol. The largest absolute Gasteiger partial charge is 0.448 e. The maximum absolute atomic E-state index is 11.8. The van der Waals surface area contributed by atoms with E-state index in [1.54, 1.807) is 0 Å². The molecule has 1 unspecified atom stereocenters. The lowest BCUT2D eigenvalue weighted by molar-refractivity contribution is -0.163. The van der Waals surface area contributed by atoms with Gasteiger partial charge in [-0.15, -0.1) is 0 Å². The average Bonchev–Trinajstić information content (AvgIpc) is 2.74. The van der Waals surface area contributed by atoms with E-state index in [-0.39, 0.29) is 0 Å². The van der Waals surface area contributed by atoms with E-state index in [1.807, 2.05) is 0 Å². The lowest BCUT2D eigenvalue weighted by Crippen LogP contribution is -2.41. The van der Waals surface area contributed by atoms with Gasteiger partial charge >= 0.3 is 11.9 Å². The van der Waals surface area contributed by atoms with Gasteiger partial charge in [-0.25, -0.2) is 4.79 Å². The highest BCUT2D eigenvalue weighted by Gasteiger charge is 2.49. The van der Waals surface area contributed by atoms with Crippen molar-refractivity contribution in [2.45, 2.75) is 43.6 Å². The first-order valence-corrected chi connectivity index (χ1v) is 6.61. The second-order valence-electron chi connectivity index (χ2n) is 4.72. The van der Waals surface area contributed by atoms with E-state index < -0.39 is 48.7 Å². The molecule has 1 aliphatic heterocycles. The zero-order valence-corrected chi connectivity index (χ0v) is 11.4. The molecular formula is C12H20N2O7. The van der Waals surface area contributed by atoms with Crippen LogP contribution in [-0.2, 0) is 23.9 Å². The molecule has 0 saturated carbocycles. The first kappa shape index (κ1) is 17.5. The van der Waals surface area contributed by atoms with Crippen molar-refractivity contribution in [1.82, 2.24) is 0 Å². The van der Waals surface area contributed by atoms with E-state index in [9.17, 15) is 19.5 Å². The predicted molar refractivity (Wildman–Crippen MR) is 68.7 cm³/mol. The van der Waals surface area contributed by atoms with E-state index in [4.69, 9.17) is 21.3 Å². The van der Waals surface area contributed by atoms with Crippen LogP contribution in [0.25, 0.3) is 0 Å². The van der Waals surface area contributed by atoms with Crippen LogP contribution >= 0.6 is 0 Å². The fraction of sp³-hybridized carbons (Fsp3) is 0.750. The second-order valence-corrected chi connectivity index (χ2v) is 4.72. The van der Waals surface area contributed by atoms with Crippen LogP contribution in [0.5, 0.6) is 0 Å². The van der Waals surface area contributed by atoms with Crippen LogP contribution in [-0.4, -0.2) is 65.4 Å². The molecule has 1 saturated heterocycles. The topological polar surface area (TPSA) is 162 Å². The Hall–Kier alpha value is -1.55. The van der Waals surface area contributed by atoms with Crippen molar-refractivity contribution in [3.63, 3.8) is 0 Å². The number of aliphatic hydroxyl groups excluding tert-OH is 2. The number of carbonyl (C=O) groups excluding carboxylic acids is 3. The molecule has 4 atom stereocenters. The van der Waals surface area contributed by atoms with Crippen molar-refractivity contribution in [3.8, 4) is 0 Å². The number of ketones is 1. The fourth-order valence-electron chi connectivity index (χ4n) is 1.81. The molecule has 0 aromatic rings. The summed E-state index contributed by atoms with van der Waals surface area (Å²) >= 11 is 0. The van der Waals surface area contributed by atoms with Gasteiger partial charge in [-0.3, -0.25) is 9.59 Å². The lowest BCUT2D eigenvalue weighted by Gasteiger charge is -2.14. The number of esters is 2. The van der Waals surface area contributed by atoms with Crippen LogP contribution in [0.2, 0.25) is 0 Å². The van der Waals surface area contributed by atoms with E-state index >= 15 is 0 Å². The number of cyclic esters (lactones) is 1. The Morgan fingerprint density at radius 2 is 2.05 bits per heavy atom. The van der Waals surface area contributed by atoms with Gasteiger partial charge in [-0.1, -0.05) is 6.42 Å². The minimum atomic E-state index is -1.75. The normalized spacial score (nSPS) is 24.6. The van der Waals surface area contributed by atoms with Crippen LogP contribution < -0.4 is 11.5 Å². The van der Waals surface area contributed by atoms with E-state index in [1.165, 1.54) is 0 Å². The van der Waals surface area contributed by atoms with E-state index in [0.29, 0.717) is 25.8 Å². The molecule has 120 valence electrons. The molecular weight excluding hydrogens is 284 g/mol. The fourth-order valence-corrected chi connectivity index (χ4v) is 1.81. The van der Waals surface area contributed by atoms with Gasteiger partial charge in [0.15, 0.2) is 6.10 Å². The second kappa shape index (κ2) is 8.03. The summed E-state index contributed by atoms with van der Waals surface area (Å²) in [4.78, 5) is 34.9. The molecule has 0 aliphatic carbocycles. The highest BCUT2D eigenvalue weighted by Crippen LogP contribution is 2.18. The maximum Gasteiger partial charge on any atom is 0.356 e. The van der Waals surface area contributed by atoms with Crippen molar-refractivity contribution in [3.05, 3.63) is 0 Å². The molecule has 21 heavy (non-hydrogen) atoms. The zero-order chi connectivity index (χ0) is 16.0. The Kier molecular flexibility index (Phi) is 6.69. The molecule has 1 rings (SSSR count). The highest BCUT2D eigenvalue weighted by atomic mass is 16.6. The van der Waals surface area contributed by atoms with Crippen molar-refractivity contribution in [2.24, 2.45) is 11.5 Å². The van der Waals surface area contributed by atoms with Crippen molar-refractivity contribution < 1.29 is 34.1 Å². The minimum absolute atomic E-state index is 0.314. The van der Waals surface area contributed by atoms with Crippen LogP contribution in [0.15, 0.2) is 0 Å². The number of nitrogens with two attached hydrogens (primary N) is 2. The number of Topliss-reactive ketones (excluding diaryl/α,β-unsaturated/α-hetero) is 1. The van der Waals surface area contributed by atoms with Gasteiger partial charge in [0.25, 0.3) is 6.10 Å². The maximum atomic E-state index is 11.8. The average molecular weight is 304 g/mol. The molecule has 6 N–H and O–H groups in total. The predicted octanol–water partition coefficient (Wildman–Crippen LogP) is -2.80. The molecule has 1 fully saturated rings. The smallest absolute Gasteiger partial charge is 0.356 e. The number of aliphatic hydroxyl groups is 2. The van der Waals surface area contributed by atoms with Gasteiger partial charge in [0, 0.05) is 0 Å². The summed E-state index contributed by atoms with van der Waals surface area (Å²) in [6.07, 6.45) is -3.21. The third kappa shape index (κ3) is 4.46. The molecule has 0 radical (unpaired) electrons.